The predicted octanol–water partition coefficient (Wildman–Crippen LogP) is 3.57. The minimum Gasteiger partial charge on any atom is -0.403 e. The number of aromatic nitrogens is 2. The summed E-state index contributed by atoms with van der Waals surface area (Å²) in [6.07, 6.45) is 3.31. The summed E-state index contributed by atoms with van der Waals surface area (Å²) >= 11 is 0. The summed E-state index contributed by atoms with van der Waals surface area (Å²) in [5.41, 5.74) is -1.15. The number of aromatic amines is 1. The smallest absolute Gasteiger partial charge is 0.337 e. The van der Waals surface area contributed by atoms with Crippen LogP contribution in [0.3, 0.4) is 0 Å². The van der Waals surface area contributed by atoms with E-state index in [-0.39, 0.29) is 11.1 Å². The van der Waals surface area contributed by atoms with E-state index in [1.165, 1.54) is 31.7 Å². The minimum atomic E-state index is -2.93. The molecule has 1 N–H and O–H groups in total. The Balaban J connectivity index is 1.83. The van der Waals surface area contributed by atoms with E-state index in [0.29, 0.717) is 17.9 Å². The van der Waals surface area contributed by atoms with Gasteiger partial charge in [-0.05, 0) is 36.7 Å². The Labute approximate surface area is 137 Å². The highest BCUT2D eigenvalue weighted by Gasteiger charge is 2.35. The summed E-state index contributed by atoms with van der Waals surface area (Å²) in [6.45, 7) is 2.17. The number of aryl methyl sites for hydroxylation is 1. The monoisotopic (exact) mass is 338 g/mol. The molecule has 0 bridgehead atoms. The molecule has 0 aliphatic heterocycles. The second-order valence-electron chi connectivity index (χ2n) is 6.46. The third kappa shape index (κ3) is 3.55. The lowest BCUT2D eigenvalue weighted by Gasteiger charge is -2.06. The van der Waals surface area contributed by atoms with E-state index in [0.717, 1.165) is 12.3 Å². The van der Waals surface area contributed by atoms with Crippen LogP contribution >= 0.6 is 0 Å². The summed E-state index contributed by atoms with van der Waals surface area (Å²) in [7, 11) is 0. The van der Waals surface area contributed by atoms with E-state index < -0.39 is 23.4 Å². The Kier molecular flexibility index (Phi) is 4.78. The van der Waals surface area contributed by atoms with Gasteiger partial charge in [0.25, 0.3) is 12.0 Å². The van der Waals surface area contributed by atoms with Crippen LogP contribution in [-0.2, 0) is 6.42 Å². The van der Waals surface area contributed by atoms with E-state index in [1.807, 2.05) is 0 Å². The van der Waals surface area contributed by atoms with Crippen molar-refractivity contribution < 1.29 is 13.2 Å². The SMILES string of the molecule is CCCCC1CC1CCc1cc(=O)oc2nc(C(F)F)[nH]c(=O)c12. The molecule has 130 valence electrons. The summed E-state index contributed by atoms with van der Waals surface area (Å²) in [5, 5.41) is 0.102. The largest absolute Gasteiger partial charge is 0.403 e. The maximum Gasteiger partial charge on any atom is 0.337 e. The highest BCUT2D eigenvalue weighted by Crippen LogP contribution is 2.45. The highest BCUT2D eigenvalue weighted by molar-refractivity contribution is 5.75. The van der Waals surface area contributed by atoms with Crippen molar-refractivity contribution in [3.8, 4) is 0 Å². The first-order chi connectivity index (χ1) is 11.5. The molecule has 2 unspecified atom stereocenters. The second kappa shape index (κ2) is 6.83. The standard InChI is InChI=1S/C17H20F2N2O3/c1-2-3-4-9-7-10(9)5-6-11-8-12(22)24-17-13(11)16(23)20-15(21-17)14(18)19/h8-10,14H,2-7H2,1H3,(H,20,21,23). The van der Waals surface area contributed by atoms with Crippen LogP contribution < -0.4 is 11.2 Å². The Morgan fingerprint density at radius 1 is 1.33 bits per heavy atom. The Bertz CT molecular complexity index is 844. The first-order valence-electron chi connectivity index (χ1n) is 8.34. The Morgan fingerprint density at radius 2 is 2.08 bits per heavy atom. The van der Waals surface area contributed by atoms with Gasteiger partial charge in [0, 0.05) is 6.07 Å². The van der Waals surface area contributed by atoms with E-state index in [1.54, 1.807) is 0 Å². The molecule has 1 saturated carbocycles. The third-order valence-corrected chi connectivity index (χ3v) is 4.70. The molecular formula is C17H20F2N2O3. The zero-order valence-corrected chi connectivity index (χ0v) is 13.5. The molecular weight excluding hydrogens is 318 g/mol. The molecule has 2 heterocycles. The molecule has 24 heavy (non-hydrogen) atoms. The molecule has 1 aliphatic carbocycles. The fourth-order valence-electron chi connectivity index (χ4n) is 3.29. The average molecular weight is 338 g/mol. The normalized spacial score (nSPS) is 20.0. The van der Waals surface area contributed by atoms with Crippen molar-refractivity contribution in [2.75, 3.05) is 0 Å². The molecule has 2 aromatic heterocycles. The van der Waals surface area contributed by atoms with Crippen LogP contribution in [0.2, 0.25) is 0 Å². The Morgan fingerprint density at radius 3 is 2.79 bits per heavy atom. The lowest BCUT2D eigenvalue weighted by molar-refractivity contribution is 0.140. The zero-order chi connectivity index (χ0) is 17.3. The fourth-order valence-corrected chi connectivity index (χ4v) is 3.29. The van der Waals surface area contributed by atoms with Crippen LogP contribution in [0.5, 0.6) is 0 Å². The van der Waals surface area contributed by atoms with Gasteiger partial charge in [-0.1, -0.05) is 26.2 Å². The number of halogens is 2. The number of fused-ring (bicyclic) bond motifs is 1. The topological polar surface area (TPSA) is 76.0 Å². The van der Waals surface area contributed by atoms with Gasteiger partial charge < -0.3 is 9.40 Å². The summed E-state index contributed by atoms with van der Waals surface area (Å²) in [4.78, 5) is 29.4. The third-order valence-electron chi connectivity index (χ3n) is 4.70. The van der Waals surface area contributed by atoms with Gasteiger partial charge in [-0.3, -0.25) is 4.79 Å². The van der Waals surface area contributed by atoms with Crippen molar-refractivity contribution in [1.29, 1.82) is 0 Å². The fraction of sp³-hybridized carbons (Fsp3) is 0.588. The number of nitrogens with zero attached hydrogens (tertiary/aromatic N) is 1. The van der Waals surface area contributed by atoms with Gasteiger partial charge in [0.15, 0.2) is 5.82 Å². The lowest BCUT2D eigenvalue weighted by atomic mass is 10.0. The summed E-state index contributed by atoms with van der Waals surface area (Å²) in [5.74, 6) is 0.569. The van der Waals surface area contributed by atoms with Crippen molar-refractivity contribution >= 4 is 11.1 Å². The van der Waals surface area contributed by atoms with Gasteiger partial charge in [-0.15, -0.1) is 0 Å². The van der Waals surface area contributed by atoms with Crippen LogP contribution in [0.1, 0.15) is 56.8 Å². The Hall–Kier alpha value is -2.05. The molecule has 0 spiro atoms. The van der Waals surface area contributed by atoms with Crippen LogP contribution in [-0.4, -0.2) is 9.97 Å². The minimum absolute atomic E-state index is 0.102. The van der Waals surface area contributed by atoms with Crippen molar-refractivity contribution in [1.82, 2.24) is 9.97 Å². The lowest BCUT2D eigenvalue weighted by Crippen LogP contribution is -2.16. The van der Waals surface area contributed by atoms with Gasteiger partial charge in [0.05, 0.1) is 0 Å². The molecule has 5 nitrogen and oxygen atoms in total. The van der Waals surface area contributed by atoms with Crippen molar-refractivity contribution in [2.24, 2.45) is 11.8 Å². The van der Waals surface area contributed by atoms with Crippen LogP contribution in [0, 0.1) is 11.8 Å². The van der Waals surface area contributed by atoms with Gasteiger partial charge >= 0.3 is 5.63 Å². The number of hydrogen-bond donors (Lipinski definition) is 1. The summed E-state index contributed by atoms with van der Waals surface area (Å²) < 4.78 is 30.3. The molecule has 1 aliphatic rings. The maximum absolute atomic E-state index is 12.7. The van der Waals surface area contributed by atoms with Crippen LogP contribution in [0.4, 0.5) is 8.78 Å². The predicted molar refractivity (Wildman–Crippen MR) is 85.3 cm³/mol. The first kappa shape index (κ1) is 16.8. The first-order valence-corrected chi connectivity index (χ1v) is 8.34. The highest BCUT2D eigenvalue weighted by atomic mass is 19.3. The number of alkyl halides is 2. The average Bonchev–Trinajstić information content (AvgIpc) is 3.28. The number of nitrogens with one attached hydrogen (secondary N) is 1. The van der Waals surface area contributed by atoms with E-state index >= 15 is 0 Å². The molecule has 0 radical (unpaired) electrons. The van der Waals surface area contributed by atoms with Crippen LogP contribution in [0.15, 0.2) is 20.1 Å². The summed E-state index contributed by atoms with van der Waals surface area (Å²) in [6, 6.07) is 1.27. The van der Waals surface area contributed by atoms with E-state index in [4.69, 9.17) is 4.42 Å². The van der Waals surface area contributed by atoms with Gasteiger partial charge in [0.2, 0.25) is 5.71 Å². The van der Waals surface area contributed by atoms with Crippen LogP contribution in [0.25, 0.3) is 11.1 Å². The molecule has 1 fully saturated rings. The van der Waals surface area contributed by atoms with Crippen molar-refractivity contribution in [2.45, 2.75) is 51.9 Å². The molecule has 7 heteroatoms. The van der Waals surface area contributed by atoms with Crippen molar-refractivity contribution in [3.05, 3.63) is 38.2 Å². The second-order valence-corrected chi connectivity index (χ2v) is 6.46. The molecule has 2 aromatic rings. The van der Waals surface area contributed by atoms with E-state index in [9.17, 15) is 18.4 Å². The van der Waals surface area contributed by atoms with E-state index in [2.05, 4.69) is 16.9 Å². The molecule has 0 aromatic carbocycles. The van der Waals surface area contributed by atoms with Gasteiger partial charge in [0.1, 0.15) is 5.39 Å². The number of rotatable bonds is 7. The molecule has 0 saturated heterocycles. The van der Waals surface area contributed by atoms with Gasteiger partial charge in [-0.25, -0.2) is 13.6 Å². The number of H-pyrrole nitrogens is 1. The number of unbranched alkanes of at least 4 members (excludes halogenated alkanes) is 1. The maximum atomic E-state index is 12.7. The molecule has 2 atom stereocenters. The van der Waals surface area contributed by atoms with Crippen molar-refractivity contribution in [3.63, 3.8) is 0 Å². The molecule has 0 amide bonds. The zero-order valence-electron chi connectivity index (χ0n) is 13.5. The quantitative estimate of drug-likeness (QED) is 0.837. The molecule has 3 rings (SSSR count). The van der Waals surface area contributed by atoms with Gasteiger partial charge in [-0.2, -0.15) is 4.98 Å². The number of hydrogen-bond acceptors (Lipinski definition) is 4.